The third-order valence-corrected chi connectivity index (χ3v) is 7.57. The maximum Gasteiger partial charge on any atom is 0.259 e. The summed E-state index contributed by atoms with van der Waals surface area (Å²) >= 11 is 0. The third-order valence-electron chi connectivity index (χ3n) is 7.57. The molecule has 1 aromatic carbocycles. The van der Waals surface area contributed by atoms with Crippen LogP contribution in [0.2, 0.25) is 0 Å². The van der Waals surface area contributed by atoms with Crippen molar-refractivity contribution in [2.75, 3.05) is 13.1 Å². The lowest BCUT2D eigenvalue weighted by Gasteiger charge is -2.30. The van der Waals surface area contributed by atoms with Gasteiger partial charge in [0.25, 0.3) is 5.56 Å². The van der Waals surface area contributed by atoms with E-state index in [1.54, 1.807) is 18.3 Å². The van der Waals surface area contributed by atoms with Gasteiger partial charge in [0, 0.05) is 55.0 Å². The van der Waals surface area contributed by atoms with Crippen molar-refractivity contribution in [2.24, 2.45) is 7.05 Å². The first-order valence-electron chi connectivity index (χ1n) is 12.4. The maximum absolute atomic E-state index is 14.3. The molecule has 35 heavy (non-hydrogen) atoms. The van der Waals surface area contributed by atoms with Gasteiger partial charge >= 0.3 is 0 Å². The highest BCUT2D eigenvalue weighted by atomic mass is 19.1. The van der Waals surface area contributed by atoms with Gasteiger partial charge in [-0.3, -0.25) is 14.3 Å². The Morgan fingerprint density at radius 1 is 1.14 bits per heavy atom. The molecule has 1 unspecified atom stereocenters. The molecule has 6 nitrogen and oxygen atoms in total. The highest BCUT2D eigenvalue weighted by Crippen LogP contribution is 2.42. The maximum atomic E-state index is 14.3. The molecule has 2 aliphatic heterocycles. The van der Waals surface area contributed by atoms with Crippen LogP contribution in [0.25, 0.3) is 16.9 Å². The minimum absolute atomic E-state index is 0.0660. The van der Waals surface area contributed by atoms with E-state index in [-0.39, 0.29) is 18.0 Å². The summed E-state index contributed by atoms with van der Waals surface area (Å²) in [5.74, 6) is 0.694. The molecule has 7 heteroatoms. The second kappa shape index (κ2) is 8.64. The number of ether oxygens (including phenoxy) is 1. The smallest absolute Gasteiger partial charge is 0.259 e. The van der Waals surface area contributed by atoms with Gasteiger partial charge in [0.2, 0.25) is 0 Å². The van der Waals surface area contributed by atoms with Crippen molar-refractivity contribution in [3.63, 3.8) is 0 Å². The molecule has 0 amide bonds. The van der Waals surface area contributed by atoms with Gasteiger partial charge in [-0.05, 0) is 61.2 Å². The first-order valence-corrected chi connectivity index (χ1v) is 12.4. The predicted octanol–water partition coefficient (Wildman–Crippen LogP) is 4.70. The molecule has 2 aliphatic rings. The summed E-state index contributed by atoms with van der Waals surface area (Å²) in [6.07, 6.45) is 5.92. The van der Waals surface area contributed by atoms with Crippen LogP contribution >= 0.6 is 0 Å². The number of halogens is 1. The monoisotopic (exact) mass is 472 g/mol. The first-order chi connectivity index (χ1) is 17.0. The second-order valence-corrected chi connectivity index (χ2v) is 9.54. The van der Waals surface area contributed by atoms with Gasteiger partial charge in [0.15, 0.2) is 0 Å². The molecule has 0 bridgehead atoms. The van der Waals surface area contributed by atoms with Gasteiger partial charge in [-0.15, -0.1) is 0 Å². The molecule has 0 aliphatic carbocycles. The van der Waals surface area contributed by atoms with Crippen molar-refractivity contribution in [3.05, 3.63) is 87.2 Å². The predicted molar refractivity (Wildman–Crippen MR) is 134 cm³/mol. The van der Waals surface area contributed by atoms with Gasteiger partial charge in [0.05, 0.1) is 0 Å². The highest BCUT2D eigenvalue weighted by molar-refractivity contribution is 5.84. The van der Waals surface area contributed by atoms with Crippen LogP contribution in [0.15, 0.2) is 53.5 Å². The molecule has 4 aromatic rings. The van der Waals surface area contributed by atoms with E-state index in [4.69, 9.17) is 9.72 Å². The topological polar surface area (TPSA) is 52.3 Å². The number of hydrogen-bond acceptors (Lipinski definition) is 4. The number of nitrogens with zero attached hydrogens (tertiary/aromatic N) is 4. The minimum atomic E-state index is -0.291. The van der Waals surface area contributed by atoms with E-state index in [9.17, 15) is 9.18 Å². The lowest BCUT2D eigenvalue weighted by Crippen LogP contribution is -2.31. The Labute approximate surface area is 203 Å². The largest absolute Gasteiger partial charge is 0.489 e. The van der Waals surface area contributed by atoms with Gasteiger partial charge in [0.1, 0.15) is 29.6 Å². The molecular formula is C28H29FN4O2. The lowest BCUT2D eigenvalue weighted by atomic mass is 9.96. The Morgan fingerprint density at radius 2 is 2.03 bits per heavy atom. The van der Waals surface area contributed by atoms with E-state index in [1.165, 1.54) is 52.7 Å². The van der Waals surface area contributed by atoms with Crippen LogP contribution in [-0.4, -0.2) is 32.1 Å². The van der Waals surface area contributed by atoms with Crippen LogP contribution in [0.4, 0.5) is 4.39 Å². The van der Waals surface area contributed by atoms with E-state index in [1.807, 2.05) is 19.1 Å². The van der Waals surface area contributed by atoms with Crippen molar-refractivity contribution >= 4 is 11.0 Å². The van der Waals surface area contributed by atoms with E-state index in [2.05, 4.69) is 22.6 Å². The summed E-state index contributed by atoms with van der Waals surface area (Å²) in [6, 6.07) is 12.8. The van der Waals surface area contributed by atoms with Crippen molar-refractivity contribution in [2.45, 2.75) is 45.3 Å². The fourth-order valence-electron chi connectivity index (χ4n) is 5.68. The zero-order chi connectivity index (χ0) is 24.1. The number of rotatable bonds is 5. The summed E-state index contributed by atoms with van der Waals surface area (Å²) in [5.41, 5.74) is 4.87. The van der Waals surface area contributed by atoms with Crippen LogP contribution < -0.4 is 10.3 Å². The van der Waals surface area contributed by atoms with E-state index in [0.29, 0.717) is 23.2 Å². The molecule has 6 rings (SSSR count). The van der Waals surface area contributed by atoms with Crippen molar-refractivity contribution < 1.29 is 9.13 Å². The molecule has 0 saturated carbocycles. The Hall–Kier alpha value is -3.45. The summed E-state index contributed by atoms with van der Waals surface area (Å²) in [5, 5.41) is 1.19. The Kier molecular flexibility index (Phi) is 5.44. The summed E-state index contributed by atoms with van der Waals surface area (Å²) < 4.78 is 23.7. The molecular weight excluding hydrogens is 443 g/mol. The lowest BCUT2D eigenvalue weighted by molar-refractivity contribution is 0.242. The molecule has 0 spiro atoms. The summed E-state index contributed by atoms with van der Waals surface area (Å²) in [6.45, 7) is 4.33. The first kappa shape index (κ1) is 22.0. The second-order valence-electron chi connectivity index (χ2n) is 9.54. The third kappa shape index (κ3) is 3.74. The number of fused-ring (bicyclic) bond motifs is 5. The Bertz CT molecular complexity index is 1490. The van der Waals surface area contributed by atoms with Crippen LogP contribution in [0.5, 0.6) is 5.75 Å². The Balaban J connectivity index is 1.28. The number of aromatic nitrogens is 3. The number of pyridine rings is 2. The van der Waals surface area contributed by atoms with Crippen LogP contribution in [-0.2, 0) is 26.5 Å². The number of hydrogen-bond donors (Lipinski definition) is 0. The summed E-state index contributed by atoms with van der Waals surface area (Å²) in [4.78, 5) is 20.4. The van der Waals surface area contributed by atoms with Crippen LogP contribution in [0.1, 0.15) is 48.2 Å². The molecule has 180 valence electrons. The average molecular weight is 473 g/mol. The SMILES string of the molecule is CCc1ccc(COc2ccn(-c3ccc4c5c(n(C)c4n3)CCN3CCCC53)c(=O)c2)c(F)c1. The van der Waals surface area contributed by atoms with Crippen molar-refractivity contribution in [1.29, 1.82) is 0 Å². The summed E-state index contributed by atoms with van der Waals surface area (Å²) in [7, 11) is 2.08. The average Bonchev–Trinajstić information content (AvgIpc) is 3.46. The van der Waals surface area contributed by atoms with E-state index < -0.39 is 0 Å². The van der Waals surface area contributed by atoms with E-state index >= 15 is 0 Å². The van der Waals surface area contributed by atoms with Gasteiger partial charge in [-0.1, -0.05) is 19.1 Å². The molecule has 3 aromatic heterocycles. The van der Waals surface area contributed by atoms with Crippen LogP contribution in [0, 0.1) is 5.82 Å². The normalized spacial score (nSPS) is 17.5. The Morgan fingerprint density at radius 3 is 2.83 bits per heavy atom. The van der Waals surface area contributed by atoms with Crippen LogP contribution in [0.3, 0.4) is 0 Å². The van der Waals surface area contributed by atoms with Gasteiger partial charge in [-0.2, -0.15) is 0 Å². The van der Waals surface area contributed by atoms with Gasteiger partial charge < -0.3 is 9.30 Å². The molecule has 1 atom stereocenters. The zero-order valence-electron chi connectivity index (χ0n) is 20.1. The van der Waals surface area contributed by atoms with Gasteiger partial charge in [-0.25, -0.2) is 9.37 Å². The fourth-order valence-corrected chi connectivity index (χ4v) is 5.68. The number of aryl methyl sites for hydroxylation is 2. The molecule has 1 fully saturated rings. The van der Waals surface area contributed by atoms with Crippen molar-refractivity contribution in [3.8, 4) is 11.6 Å². The zero-order valence-corrected chi connectivity index (χ0v) is 20.1. The highest BCUT2D eigenvalue weighted by Gasteiger charge is 2.35. The molecule has 0 N–H and O–H groups in total. The number of benzene rings is 1. The molecule has 0 radical (unpaired) electrons. The quantitative estimate of drug-likeness (QED) is 0.423. The standard InChI is InChI=1S/C28H29FN4O2/c1-3-18-6-7-19(22(29)15-18)17-35-20-10-14-33(26(34)16-20)25-9-8-21-27-23(31(2)28(21)30-25)11-13-32-12-4-5-24(27)32/h6-10,14-16,24H,3-5,11-13,17H2,1-2H3. The van der Waals surface area contributed by atoms with Crippen molar-refractivity contribution in [1.82, 2.24) is 19.0 Å². The fraction of sp³-hybridized carbons (Fsp3) is 0.357. The molecule has 1 saturated heterocycles. The minimum Gasteiger partial charge on any atom is -0.489 e. The van der Waals surface area contributed by atoms with E-state index in [0.717, 1.165) is 30.6 Å². The molecule has 5 heterocycles.